The average Bonchev–Trinajstić information content (AvgIpc) is 3.27. The van der Waals surface area contributed by atoms with Crippen molar-refractivity contribution in [3.8, 4) is 0 Å². The van der Waals surface area contributed by atoms with E-state index in [-0.39, 0.29) is 49.3 Å². The Labute approximate surface area is 218 Å². The van der Waals surface area contributed by atoms with Gasteiger partial charge >= 0.3 is 6.09 Å². The Hall–Kier alpha value is -3.60. The van der Waals surface area contributed by atoms with Crippen LogP contribution in [0, 0.1) is 5.82 Å². The summed E-state index contributed by atoms with van der Waals surface area (Å²) in [4.78, 5) is 51.4. The summed E-state index contributed by atoms with van der Waals surface area (Å²) in [5.74, 6) is 0.777. The second kappa shape index (κ2) is 12.1. The van der Waals surface area contributed by atoms with Crippen molar-refractivity contribution in [2.24, 2.45) is 0 Å². The smallest absolute Gasteiger partial charge is 0.414 e. The predicted molar refractivity (Wildman–Crippen MR) is 141 cm³/mol. The molecule has 4 rings (SSSR count). The second-order valence-electron chi connectivity index (χ2n) is 8.84. The second-order valence-corrected chi connectivity index (χ2v) is 10.1. The van der Waals surface area contributed by atoms with E-state index in [2.05, 4.69) is 10.6 Å². The minimum Gasteiger partial charge on any atom is -0.442 e. The van der Waals surface area contributed by atoms with E-state index in [4.69, 9.17) is 4.74 Å². The highest BCUT2D eigenvalue weighted by Crippen LogP contribution is 2.29. The number of halogens is 1. The molecule has 3 amide bonds. The van der Waals surface area contributed by atoms with Gasteiger partial charge in [0.1, 0.15) is 11.9 Å². The fraction of sp³-hybridized carbons (Fsp3) is 0.385. The van der Waals surface area contributed by atoms with E-state index in [1.165, 1.54) is 17.9 Å². The summed E-state index contributed by atoms with van der Waals surface area (Å²) in [5.41, 5.74) is 1.96. The molecule has 0 saturated carbocycles. The van der Waals surface area contributed by atoms with E-state index < -0.39 is 12.2 Å². The Morgan fingerprint density at radius 1 is 1.08 bits per heavy atom. The number of amides is 3. The van der Waals surface area contributed by atoms with Crippen LogP contribution >= 0.6 is 11.8 Å². The predicted octanol–water partition coefficient (Wildman–Crippen LogP) is 3.44. The molecule has 0 aliphatic carbocycles. The Balaban J connectivity index is 1.23. The third kappa shape index (κ3) is 7.00. The van der Waals surface area contributed by atoms with Crippen LogP contribution < -0.4 is 20.4 Å². The normalized spacial score (nSPS) is 17.4. The molecule has 196 valence electrons. The van der Waals surface area contributed by atoms with Crippen molar-refractivity contribution < 1.29 is 28.3 Å². The summed E-state index contributed by atoms with van der Waals surface area (Å²) in [6.45, 7) is 3.23. The summed E-state index contributed by atoms with van der Waals surface area (Å²) in [5, 5.41) is 5.32. The molecule has 0 spiro atoms. The van der Waals surface area contributed by atoms with Crippen molar-refractivity contribution >= 4 is 52.5 Å². The lowest BCUT2D eigenvalue weighted by Gasteiger charge is -2.29. The molecule has 2 aliphatic heterocycles. The minimum absolute atomic E-state index is 0.0155. The number of carbonyl (C=O) groups is 4. The van der Waals surface area contributed by atoms with E-state index >= 15 is 0 Å². The molecule has 2 N–H and O–H groups in total. The van der Waals surface area contributed by atoms with Crippen LogP contribution in [0.4, 0.5) is 26.2 Å². The summed E-state index contributed by atoms with van der Waals surface area (Å²) < 4.78 is 20.1. The number of thioether (sulfide) groups is 1. The molecule has 0 bridgehead atoms. The van der Waals surface area contributed by atoms with Gasteiger partial charge in [-0.1, -0.05) is 0 Å². The van der Waals surface area contributed by atoms with Gasteiger partial charge in [-0.3, -0.25) is 19.3 Å². The fourth-order valence-corrected chi connectivity index (χ4v) is 5.10. The molecule has 9 nitrogen and oxygen atoms in total. The minimum atomic E-state index is -0.598. The van der Waals surface area contributed by atoms with Crippen molar-refractivity contribution in [3.63, 3.8) is 0 Å². The van der Waals surface area contributed by atoms with Gasteiger partial charge < -0.3 is 20.3 Å². The van der Waals surface area contributed by atoms with Crippen LogP contribution in [0.3, 0.4) is 0 Å². The highest BCUT2D eigenvalue weighted by atomic mass is 32.2. The van der Waals surface area contributed by atoms with E-state index in [0.29, 0.717) is 22.6 Å². The number of rotatable bonds is 9. The van der Waals surface area contributed by atoms with Gasteiger partial charge in [0.15, 0.2) is 5.78 Å². The van der Waals surface area contributed by atoms with E-state index in [1.807, 2.05) is 16.7 Å². The maximum atomic E-state index is 14.8. The molecule has 2 aromatic rings. The number of hydrogen-bond acceptors (Lipinski definition) is 7. The lowest BCUT2D eigenvalue weighted by Crippen LogP contribution is -2.35. The molecule has 2 fully saturated rings. The van der Waals surface area contributed by atoms with Gasteiger partial charge in [0.2, 0.25) is 11.8 Å². The summed E-state index contributed by atoms with van der Waals surface area (Å²) >= 11 is 1.84. The van der Waals surface area contributed by atoms with Crippen LogP contribution in [0.2, 0.25) is 0 Å². The Bertz CT molecular complexity index is 1170. The van der Waals surface area contributed by atoms with E-state index in [1.54, 1.807) is 36.4 Å². The standard InChI is InChI=1S/C26H29FN4O5S/c1-17(32)29-19-4-2-18(3-5-19)24(33)8-9-25(34)28-15-21-16-31(26(35)36-21)20-6-7-23(22(27)14-20)30-10-12-37-13-11-30/h2-7,14,21H,8-13,15-16H2,1H3,(H,28,34)(H,29,32). The van der Waals surface area contributed by atoms with Gasteiger partial charge in [-0.25, -0.2) is 9.18 Å². The molecule has 1 atom stereocenters. The molecular formula is C26H29FN4O5S. The highest BCUT2D eigenvalue weighted by Gasteiger charge is 2.33. The van der Waals surface area contributed by atoms with Crippen LogP contribution in [-0.4, -0.2) is 67.5 Å². The molecule has 2 heterocycles. The molecule has 2 saturated heterocycles. The molecule has 11 heteroatoms. The van der Waals surface area contributed by atoms with Crippen LogP contribution in [0.1, 0.15) is 30.1 Å². The SMILES string of the molecule is CC(=O)Nc1ccc(C(=O)CCC(=O)NCC2CN(c3ccc(N4CCSCC4)c(F)c3)C(=O)O2)cc1. The molecule has 1 unspecified atom stereocenters. The van der Waals surface area contributed by atoms with Gasteiger partial charge in [-0.2, -0.15) is 11.8 Å². The third-order valence-corrected chi connectivity index (χ3v) is 7.04. The third-order valence-electron chi connectivity index (χ3n) is 6.10. The van der Waals surface area contributed by atoms with Crippen molar-refractivity contribution in [1.82, 2.24) is 5.32 Å². The van der Waals surface area contributed by atoms with Crippen LogP contribution in [0.15, 0.2) is 42.5 Å². The van der Waals surface area contributed by atoms with Crippen LogP contribution in [-0.2, 0) is 14.3 Å². The molecule has 2 aliphatic rings. The van der Waals surface area contributed by atoms with Crippen molar-refractivity contribution in [2.75, 3.05) is 52.8 Å². The lowest BCUT2D eigenvalue weighted by atomic mass is 10.1. The monoisotopic (exact) mass is 528 g/mol. The highest BCUT2D eigenvalue weighted by molar-refractivity contribution is 7.99. The average molecular weight is 529 g/mol. The van der Waals surface area contributed by atoms with Gasteiger partial charge in [-0.15, -0.1) is 0 Å². The van der Waals surface area contributed by atoms with Crippen molar-refractivity contribution in [3.05, 3.63) is 53.8 Å². The summed E-state index contributed by atoms with van der Waals surface area (Å²) in [6.07, 6.45) is -1.18. The number of nitrogens with zero attached hydrogens (tertiary/aromatic N) is 2. The number of nitrogens with one attached hydrogen (secondary N) is 2. The number of carbonyl (C=O) groups excluding carboxylic acids is 4. The number of ether oxygens (including phenoxy) is 1. The summed E-state index contributed by atoms with van der Waals surface area (Å²) in [6, 6.07) is 11.2. The Kier molecular flexibility index (Phi) is 8.65. The van der Waals surface area contributed by atoms with E-state index in [0.717, 1.165) is 24.6 Å². The zero-order valence-corrected chi connectivity index (χ0v) is 21.3. The molecule has 0 aromatic heterocycles. The number of benzene rings is 2. The number of Topliss-reactive ketones (excluding diaryl/α,β-unsaturated/α-hetero) is 1. The van der Waals surface area contributed by atoms with Gasteiger partial charge in [0, 0.05) is 55.6 Å². The van der Waals surface area contributed by atoms with Crippen LogP contribution in [0.25, 0.3) is 0 Å². The summed E-state index contributed by atoms with van der Waals surface area (Å²) in [7, 11) is 0. The molecule has 2 aromatic carbocycles. The first-order valence-electron chi connectivity index (χ1n) is 12.1. The number of cyclic esters (lactones) is 1. The maximum absolute atomic E-state index is 14.8. The van der Waals surface area contributed by atoms with Crippen molar-refractivity contribution in [1.29, 1.82) is 0 Å². The quantitative estimate of drug-likeness (QED) is 0.480. The molecular weight excluding hydrogens is 499 g/mol. The molecule has 37 heavy (non-hydrogen) atoms. The Morgan fingerprint density at radius 2 is 1.81 bits per heavy atom. The molecule has 0 radical (unpaired) electrons. The van der Waals surface area contributed by atoms with Crippen LogP contribution in [0.5, 0.6) is 0 Å². The maximum Gasteiger partial charge on any atom is 0.414 e. The topological polar surface area (TPSA) is 108 Å². The Morgan fingerprint density at radius 3 is 2.49 bits per heavy atom. The number of ketones is 1. The first-order chi connectivity index (χ1) is 17.8. The zero-order valence-electron chi connectivity index (χ0n) is 20.5. The fourth-order valence-electron chi connectivity index (χ4n) is 4.19. The lowest BCUT2D eigenvalue weighted by molar-refractivity contribution is -0.121. The largest absolute Gasteiger partial charge is 0.442 e. The number of anilines is 3. The first kappa shape index (κ1) is 26.5. The zero-order chi connectivity index (χ0) is 26.4. The van der Waals surface area contributed by atoms with Gasteiger partial charge in [0.25, 0.3) is 0 Å². The van der Waals surface area contributed by atoms with Crippen molar-refractivity contribution in [2.45, 2.75) is 25.9 Å². The van der Waals surface area contributed by atoms with Gasteiger partial charge in [0.05, 0.1) is 24.5 Å². The first-order valence-corrected chi connectivity index (χ1v) is 13.2. The van der Waals surface area contributed by atoms with E-state index in [9.17, 15) is 23.6 Å². The number of hydrogen-bond donors (Lipinski definition) is 2. The van der Waals surface area contributed by atoms with Gasteiger partial charge in [-0.05, 0) is 42.5 Å².